The van der Waals surface area contributed by atoms with E-state index in [9.17, 15) is 24.3 Å². The van der Waals surface area contributed by atoms with Crippen LogP contribution in [0.15, 0.2) is 52.3 Å². The van der Waals surface area contributed by atoms with E-state index >= 15 is 0 Å². The minimum Gasteiger partial charge on any atom is -0.504 e. The zero-order valence-electron chi connectivity index (χ0n) is 18.1. The number of nitrogens with zero attached hydrogens (tertiary/aromatic N) is 1. The molecule has 3 atom stereocenters. The Labute approximate surface area is 212 Å². The lowest BCUT2D eigenvalue weighted by atomic mass is 9.83. The van der Waals surface area contributed by atoms with Gasteiger partial charge >= 0.3 is 4.87 Å². The molecule has 0 spiro atoms. The van der Waals surface area contributed by atoms with Crippen molar-refractivity contribution in [2.45, 2.75) is 22.7 Å². The molecule has 0 saturated carbocycles. The quantitative estimate of drug-likeness (QED) is 0.432. The van der Waals surface area contributed by atoms with Crippen LogP contribution < -0.4 is 20.2 Å². The molecule has 5 rings (SSSR count). The van der Waals surface area contributed by atoms with Gasteiger partial charge in [0, 0.05) is 21.5 Å². The van der Waals surface area contributed by atoms with E-state index in [4.69, 9.17) is 16.3 Å². The van der Waals surface area contributed by atoms with Crippen molar-refractivity contribution in [1.82, 2.24) is 9.88 Å². The van der Waals surface area contributed by atoms with E-state index < -0.39 is 34.8 Å². The number of imide groups is 1. The van der Waals surface area contributed by atoms with Gasteiger partial charge in [-0.3, -0.25) is 29.1 Å². The van der Waals surface area contributed by atoms with Crippen LogP contribution in [0.3, 0.4) is 0 Å². The summed E-state index contributed by atoms with van der Waals surface area (Å²) in [6.45, 7) is -0.265. The Morgan fingerprint density at radius 1 is 1.17 bits per heavy atom. The molecular formula is C23H18ClN3O6S2. The van der Waals surface area contributed by atoms with E-state index in [0.717, 1.165) is 23.1 Å². The number of ether oxygens (including phenoxy) is 1. The highest BCUT2D eigenvalue weighted by molar-refractivity contribution is 8.00. The lowest BCUT2D eigenvalue weighted by Gasteiger charge is -2.31. The molecule has 0 aliphatic carbocycles. The number of amides is 3. The fourth-order valence-corrected chi connectivity index (χ4v) is 7.17. The second kappa shape index (κ2) is 9.06. The van der Waals surface area contributed by atoms with Gasteiger partial charge in [-0.05, 0) is 42.0 Å². The summed E-state index contributed by atoms with van der Waals surface area (Å²) in [5.41, 5.74) is 1.14. The summed E-state index contributed by atoms with van der Waals surface area (Å²) in [7, 11) is 1.41. The highest BCUT2D eigenvalue weighted by atomic mass is 35.5. The second-order valence-electron chi connectivity index (χ2n) is 8.01. The number of carbonyl (C=O) groups excluding carboxylic acids is 3. The molecule has 0 radical (unpaired) electrons. The van der Waals surface area contributed by atoms with Gasteiger partial charge < -0.3 is 15.2 Å². The van der Waals surface area contributed by atoms with E-state index in [2.05, 4.69) is 10.6 Å². The number of benzene rings is 2. The molecule has 3 N–H and O–H groups in total. The normalized spacial score (nSPS) is 20.7. The standard InChI is InChI=1S/C23H18ClN3O6S2/c1-33-14-8-10(2-7-13(14)28)16-17-18(21(31)26-20(17)30)34-22-19(16)35-23(32)27(22)9-15(29)25-12-5-3-11(24)4-6-12/h2-8,16-18,28H,9H2,1H3,(H,25,29)(H,26,30,31)/t16-,17+,18-/m0/s1. The van der Waals surface area contributed by atoms with Gasteiger partial charge in [-0.25, -0.2) is 0 Å². The summed E-state index contributed by atoms with van der Waals surface area (Å²) in [5.74, 6) is -2.54. The highest BCUT2D eigenvalue weighted by Gasteiger charge is 2.53. The number of thioether (sulfide) groups is 1. The van der Waals surface area contributed by atoms with Crippen molar-refractivity contribution in [3.8, 4) is 11.5 Å². The fourth-order valence-electron chi connectivity index (χ4n) is 4.30. The summed E-state index contributed by atoms with van der Waals surface area (Å²) in [5, 5.41) is 15.4. The Balaban J connectivity index is 1.55. The van der Waals surface area contributed by atoms with Gasteiger partial charge in [-0.2, -0.15) is 0 Å². The summed E-state index contributed by atoms with van der Waals surface area (Å²) in [6.07, 6.45) is 0. The molecule has 0 bridgehead atoms. The largest absolute Gasteiger partial charge is 0.504 e. The summed E-state index contributed by atoms with van der Waals surface area (Å²) >= 11 is 7.93. The average Bonchev–Trinajstić information content (AvgIpc) is 3.29. The molecule has 0 unspecified atom stereocenters. The van der Waals surface area contributed by atoms with E-state index in [1.165, 1.54) is 17.7 Å². The van der Waals surface area contributed by atoms with Crippen LogP contribution >= 0.6 is 34.7 Å². The van der Waals surface area contributed by atoms with Gasteiger partial charge in [0.2, 0.25) is 17.7 Å². The molecule has 1 aromatic heterocycles. The Kier molecular flexibility index (Phi) is 6.07. The number of hydrogen-bond acceptors (Lipinski definition) is 8. The molecule has 3 heterocycles. The maximum Gasteiger partial charge on any atom is 0.308 e. The Morgan fingerprint density at radius 2 is 1.91 bits per heavy atom. The zero-order chi connectivity index (χ0) is 24.9. The molecular weight excluding hydrogens is 514 g/mol. The van der Waals surface area contributed by atoms with Crippen LogP contribution in [-0.4, -0.2) is 39.8 Å². The number of aromatic hydroxyl groups is 1. The first kappa shape index (κ1) is 23.5. The van der Waals surface area contributed by atoms with Crippen LogP contribution in [0.25, 0.3) is 0 Å². The lowest BCUT2D eigenvalue weighted by Crippen LogP contribution is -2.32. The molecule has 12 heteroatoms. The summed E-state index contributed by atoms with van der Waals surface area (Å²) in [6, 6.07) is 11.2. The van der Waals surface area contributed by atoms with Crippen molar-refractivity contribution < 1.29 is 24.2 Å². The van der Waals surface area contributed by atoms with Crippen molar-refractivity contribution in [1.29, 1.82) is 0 Å². The number of fused-ring (bicyclic) bond motifs is 2. The van der Waals surface area contributed by atoms with Crippen LogP contribution in [0.5, 0.6) is 11.5 Å². The first-order chi connectivity index (χ1) is 16.8. The molecule has 3 aromatic rings. The number of hydrogen-bond donors (Lipinski definition) is 3. The van der Waals surface area contributed by atoms with E-state index in [1.807, 2.05) is 0 Å². The second-order valence-corrected chi connectivity index (χ2v) is 10.6. The molecule has 3 amide bonds. The number of aromatic nitrogens is 1. The van der Waals surface area contributed by atoms with Crippen molar-refractivity contribution in [2.24, 2.45) is 5.92 Å². The highest BCUT2D eigenvalue weighted by Crippen LogP contribution is 2.52. The number of methoxy groups -OCH3 is 1. The number of nitrogens with one attached hydrogen (secondary N) is 2. The van der Waals surface area contributed by atoms with Crippen LogP contribution in [0.4, 0.5) is 5.69 Å². The first-order valence-corrected chi connectivity index (χ1v) is 12.5. The van der Waals surface area contributed by atoms with Crippen molar-refractivity contribution in [3.05, 3.63) is 67.6 Å². The van der Waals surface area contributed by atoms with Crippen molar-refractivity contribution in [2.75, 3.05) is 12.4 Å². The fraction of sp³-hybridized carbons (Fsp3) is 0.217. The number of rotatable bonds is 5. The Morgan fingerprint density at radius 3 is 2.63 bits per heavy atom. The third-order valence-electron chi connectivity index (χ3n) is 5.88. The van der Waals surface area contributed by atoms with Crippen LogP contribution in [0.2, 0.25) is 5.02 Å². The smallest absolute Gasteiger partial charge is 0.308 e. The first-order valence-electron chi connectivity index (χ1n) is 10.4. The van der Waals surface area contributed by atoms with Crippen molar-refractivity contribution >= 4 is 58.1 Å². The minimum atomic E-state index is -0.764. The third-order valence-corrected chi connectivity index (χ3v) is 8.75. The third kappa shape index (κ3) is 4.19. The van der Waals surface area contributed by atoms with Crippen molar-refractivity contribution in [3.63, 3.8) is 0 Å². The van der Waals surface area contributed by atoms with Crippen LogP contribution in [0, 0.1) is 5.92 Å². The molecule has 35 heavy (non-hydrogen) atoms. The van der Waals surface area contributed by atoms with Crippen LogP contribution in [-0.2, 0) is 20.9 Å². The number of carbonyl (C=O) groups is 3. The van der Waals surface area contributed by atoms with Gasteiger partial charge in [-0.15, -0.1) is 0 Å². The number of anilines is 1. The summed E-state index contributed by atoms with van der Waals surface area (Å²) in [4.78, 5) is 51.3. The van der Waals surface area contributed by atoms with E-state index in [-0.39, 0.29) is 22.9 Å². The van der Waals surface area contributed by atoms with Gasteiger partial charge in [0.05, 0.1) is 18.1 Å². The summed E-state index contributed by atoms with van der Waals surface area (Å²) < 4.78 is 6.55. The Hall–Kier alpha value is -3.28. The molecule has 180 valence electrons. The lowest BCUT2D eigenvalue weighted by molar-refractivity contribution is -0.126. The number of phenols is 1. The molecule has 1 saturated heterocycles. The molecule has 1 fully saturated rings. The van der Waals surface area contributed by atoms with Gasteiger partial charge in [-0.1, -0.05) is 40.8 Å². The minimum absolute atomic E-state index is 0.0743. The molecule has 2 aliphatic heterocycles. The number of thiazole rings is 1. The maximum absolute atomic E-state index is 13.0. The van der Waals surface area contributed by atoms with E-state index in [1.54, 1.807) is 36.4 Å². The zero-order valence-corrected chi connectivity index (χ0v) is 20.5. The number of phenolic OH excluding ortho intramolecular Hbond substituents is 1. The predicted molar refractivity (Wildman–Crippen MR) is 131 cm³/mol. The predicted octanol–water partition coefficient (Wildman–Crippen LogP) is 2.79. The van der Waals surface area contributed by atoms with Gasteiger partial charge in [0.15, 0.2) is 11.5 Å². The van der Waals surface area contributed by atoms with Crippen LogP contribution in [0.1, 0.15) is 16.4 Å². The maximum atomic E-state index is 13.0. The van der Waals surface area contributed by atoms with Gasteiger partial charge in [0.1, 0.15) is 11.8 Å². The van der Waals surface area contributed by atoms with E-state index in [0.29, 0.717) is 26.2 Å². The SMILES string of the molecule is COc1cc([C@@H]2c3sc(=O)n(CC(=O)Nc4ccc(Cl)cc4)c3S[C@@H]3C(=O)NC(=O)[C@H]23)ccc1O. The monoisotopic (exact) mass is 531 g/mol. The molecule has 2 aliphatic rings. The topological polar surface area (TPSA) is 127 Å². The molecule has 2 aromatic carbocycles. The Bertz CT molecular complexity index is 1420. The molecule has 9 nitrogen and oxygen atoms in total. The van der Waals surface area contributed by atoms with Gasteiger partial charge in [0.25, 0.3) is 0 Å². The number of halogens is 1. The average molecular weight is 532 g/mol.